The van der Waals surface area contributed by atoms with Crippen molar-refractivity contribution in [1.29, 1.82) is 0 Å². The molecule has 0 heterocycles. The highest BCUT2D eigenvalue weighted by Gasteiger charge is 2.15. The molecule has 86 valence electrons. The van der Waals surface area contributed by atoms with Gasteiger partial charge in [-0.3, -0.25) is 9.59 Å². The summed E-state index contributed by atoms with van der Waals surface area (Å²) in [6, 6.07) is 5.59. The van der Waals surface area contributed by atoms with E-state index < -0.39 is 17.9 Å². The standard InChI is InChI=1S/C11H13NO4/c1-7(11(14)15)12-10(13)8-4-3-5-9(6-8)16-2/h3-7H,1-2H3,(H,12,13)(H,14,15)/t7-/m0/s1. The van der Waals surface area contributed by atoms with Gasteiger partial charge in [-0.25, -0.2) is 0 Å². The molecule has 0 aromatic heterocycles. The number of carboxylic acid groups (broad SMARTS) is 1. The van der Waals surface area contributed by atoms with Crippen LogP contribution in [-0.2, 0) is 4.79 Å². The van der Waals surface area contributed by atoms with Crippen molar-refractivity contribution in [3.05, 3.63) is 29.8 Å². The lowest BCUT2D eigenvalue weighted by Gasteiger charge is -2.09. The molecule has 0 fully saturated rings. The number of benzene rings is 1. The Labute approximate surface area is 93.0 Å². The van der Waals surface area contributed by atoms with Crippen LogP contribution in [0, 0.1) is 0 Å². The van der Waals surface area contributed by atoms with Crippen molar-refractivity contribution >= 4 is 11.9 Å². The molecule has 1 atom stereocenters. The highest BCUT2D eigenvalue weighted by atomic mass is 16.5. The first-order chi connectivity index (χ1) is 7.54. The minimum Gasteiger partial charge on any atom is -0.497 e. The van der Waals surface area contributed by atoms with Gasteiger partial charge < -0.3 is 15.2 Å². The number of nitrogens with one attached hydrogen (secondary N) is 1. The smallest absolute Gasteiger partial charge is 0.325 e. The molecule has 0 aliphatic carbocycles. The second-order valence-electron chi connectivity index (χ2n) is 3.27. The molecule has 1 aromatic rings. The predicted molar refractivity (Wildman–Crippen MR) is 57.6 cm³/mol. The number of carbonyl (C=O) groups is 2. The lowest BCUT2D eigenvalue weighted by molar-refractivity contribution is -0.138. The number of ether oxygens (including phenoxy) is 1. The van der Waals surface area contributed by atoms with Crippen LogP contribution in [0.4, 0.5) is 0 Å². The molecular weight excluding hydrogens is 210 g/mol. The van der Waals surface area contributed by atoms with E-state index in [4.69, 9.17) is 9.84 Å². The van der Waals surface area contributed by atoms with Gasteiger partial charge >= 0.3 is 5.97 Å². The van der Waals surface area contributed by atoms with Gasteiger partial charge in [-0.05, 0) is 25.1 Å². The number of methoxy groups -OCH3 is 1. The average Bonchev–Trinajstić information content (AvgIpc) is 2.28. The Hall–Kier alpha value is -2.04. The first kappa shape index (κ1) is 12.0. The average molecular weight is 223 g/mol. The molecule has 0 unspecified atom stereocenters. The van der Waals surface area contributed by atoms with Crippen molar-refractivity contribution in [2.75, 3.05) is 7.11 Å². The lowest BCUT2D eigenvalue weighted by atomic mass is 10.2. The Morgan fingerprint density at radius 3 is 2.69 bits per heavy atom. The summed E-state index contributed by atoms with van der Waals surface area (Å²) in [6.07, 6.45) is 0. The number of amides is 1. The second kappa shape index (κ2) is 5.16. The molecule has 0 aliphatic heterocycles. The Morgan fingerprint density at radius 2 is 2.12 bits per heavy atom. The summed E-state index contributed by atoms with van der Waals surface area (Å²) in [7, 11) is 1.50. The van der Waals surface area contributed by atoms with Crippen molar-refractivity contribution in [3.63, 3.8) is 0 Å². The van der Waals surface area contributed by atoms with E-state index in [1.807, 2.05) is 0 Å². The van der Waals surface area contributed by atoms with E-state index >= 15 is 0 Å². The Morgan fingerprint density at radius 1 is 1.44 bits per heavy atom. The van der Waals surface area contributed by atoms with Crippen molar-refractivity contribution in [1.82, 2.24) is 5.32 Å². The maximum Gasteiger partial charge on any atom is 0.325 e. The molecule has 0 saturated carbocycles. The van der Waals surface area contributed by atoms with Crippen LogP contribution in [-0.4, -0.2) is 30.1 Å². The fourth-order valence-corrected chi connectivity index (χ4v) is 1.11. The summed E-state index contributed by atoms with van der Waals surface area (Å²) in [5.74, 6) is -0.958. The van der Waals surface area contributed by atoms with Crippen LogP contribution in [0.5, 0.6) is 5.75 Å². The van der Waals surface area contributed by atoms with Crippen molar-refractivity contribution in [3.8, 4) is 5.75 Å². The largest absolute Gasteiger partial charge is 0.497 e. The van der Waals surface area contributed by atoms with Gasteiger partial charge in [0, 0.05) is 5.56 Å². The molecule has 1 rings (SSSR count). The number of hydrogen-bond donors (Lipinski definition) is 2. The van der Waals surface area contributed by atoms with Crippen LogP contribution in [0.15, 0.2) is 24.3 Å². The zero-order chi connectivity index (χ0) is 12.1. The van der Waals surface area contributed by atoms with E-state index in [1.165, 1.54) is 14.0 Å². The molecule has 1 amide bonds. The number of hydrogen-bond acceptors (Lipinski definition) is 3. The van der Waals surface area contributed by atoms with Crippen molar-refractivity contribution in [2.45, 2.75) is 13.0 Å². The van der Waals surface area contributed by atoms with E-state index in [-0.39, 0.29) is 0 Å². The van der Waals surface area contributed by atoms with Crippen molar-refractivity contribution in [2.24, 2.45) is 0 Å². The molecule has 0 aliphatic rings. The summed E-state index contributed by atoms with van der Waals surface area (Å²) < 4.78 is 4.96. The number of carbonyl (C=O) groups excluding carboxylic acids is 1. The Bertz CT molecular complexity index is 403. The van der Waals surface area contributed by atoms with Gasteiger partial charge in [0.15, 0.2) is 0 Å². The number of rotatable bonds is 4. The van der Waals surface area contributed by atoms with Gasteiger partial charge in [0.25, 0.3) is 5.91 Å². The quantitative estimate of drug-likeness (QED) is 0.795. The van der Waals surface area contributed by atoms with Gasteiger partial charge in [-0.15, -0.1) is 0 Å². The van der Waals surface area contributed by atoms with Crippen LogP contribution in [0.25, 0.3) is 0 Å². The first-order valence-electron chi connectivity index (χ1n) is 4.72. The zero-order valence-electron chi connectivity index (χ0n) is 9.06. The first-order valence-corrected chi connectivity index (χ1v) is 4.72. The Kier molecular flexibility index (Phi) is 3.88. The molecular formula is C11H13NO4. The van der Waals surface area contributed by atoms with Crippen LogP contribution in [0.3, 0.4) is 0 Å². The SMILES string of the molecule is COc1cccc(C(=O)N[C@@H](C)C(=O)O)c1. The predicted octanol–water partition coefficient (Wildman–Crippen LogP) is 0.898. The van der Waals surface area contributed by atoms with Crippen LogP contribution in [0.1, 0.15) is 17.3 Å². The van der Waals surface area contributed by atoms with Crippen LogP contribution >= 0.6 is 0 Å². The molecule has 5 nitrogen and oxygen atoms in total. The van der Waals surface area contributed by atoms with Crippen LogP contribution in [0.2, 0.25) is 0 Å². The molecule has 1 aromatic carbocycles. The maximum absolute atomic E-state index is 11.6. The number of aliphatic carboxylic acids is 1. The van der Waals surface area contributed by atoms with E-state index in [1.54, 1.807) is 24.3 Å². The van der Waals surface area contributed by atoms with Gasteiger partial charge in [0.1, 0.15) is 11.8 Å². The highest BCUT2D eigenvalue weighted by molar-refractivity contribution is 5.96. The molecule has 16 heavy (non-hydrogen) atoms. The topological polar surface area (TPSA) is 75.6 Å². The molecule has 0 saturated heterocycles. The van der Waals surface area contributed by atoms with Gasteiger partial charge in [0.05, 0.1) is 7.11 Å². The molecule has 0 bridgehead atoms. The maximum atomic E-state index is 11.6. The van der Waals surface area contributed by atoms with Crippen LogP contribution < -0.4 is 10.1 Å². The third kappa shape index (κ3) is 2.98. The van der Waals surface area contributed by atoms with E-state index in [0.29, 0.717) is 11.3 Å². The number of carboxylic acids is 1. The summed E-state index contributed by atoms with van der Waals surface area (Å²) in [5, 5.41) is 11.0. The van der Waals surface area contributed by atoms with E-state index in [9.17, 15) is 9.59 Å². The fourth-order valence-electron chi connectivity index (χ4n) is 1.11. The molecule has 0 spiro atoms. The second-order valence-corrected chi connectivity index (χ2v) is 3.27. The summed E-state index contributed by atoms with van der Waals surface area (Å²) in [5.41, 5.74) is 0.368. The molecule has 0 radical (unpaired) electrons. The minimum atomic E-state index is -1.07. The summed E-state index contributed by atoms with van der Waals surface area (Å²) >= 11 is 0. The lowest BCUT2D eigenvalue weighted by Crippen LogP contribution is -2.38. The third-order valence-electron chi connectivity index (χ3n) is 2.05. The van der Waals surface area contributed by atoms with Gasteiger partial charge in [-0.2, -0.15) is 0 Å². The zero-order valence-corrected chi connectivity index (χ0v) is 9.06. The summed E-state index contributed by atoms with van der Waals surface area (Å²) in [6.45, 7) is 1.40. The molecule has 2 N–H and O–H groups in total. The van der Waals surface area contributed by atoms with E-state index in [0.717, 1.165) is 0 Å². The fraction of sp³-hybridized carbons (Fsp3) is 0.273. The summed E-state index contributed by atoms with van der Waals surface area (Å²) in [4.78, 5) is 22.1. The third-order valence-corrected chi connectivity index (χ3v) is 2.05. The van der Waals surface area contributed by atoms with Gasteiger partial charge in [-0.1, -0.05) is 6.07 Å². The Balaban J connectivity index is 2.76. The monoisotopic (exact) mass is 223 g/mol. The van der Waals surface area contributed by atoms with E-state index in [2.05, 4.69) is 5.32 Å². The minimum absolute atomic E-state index is 0.368. The normalized spacial score (nSPS) is 11.6. The molecule has 5 heteroatoms. The van der Waals surface area contributed by atoms with Crippen molar-refractivity contribution < 1.29 is 19.4 Å². The highest BCUT2D eigenvalue weighted by Crippen LogP contribution is 2.12. The van der Waals surface area contributed by atoms with Gasteiger partial charge in [0.2, 0.25) is 0 Å².